The maximum Gasteiger partial charge on any atom is 0.138 e. The zero-order valence-corrected chi connectivity index (χ0v) is 9.26. The van der Waals surface area contributed by atoms with Gasteiger partial charge in [-0.05, 0) is 35.0 Å². The fourth-order valence-corrected chi connectivity index (χ4v) is 1.83. The van der Waals surface area contributed by atoms with E-state index in [0.717, 1.165) is 21.2 Å². The Kier molecular flexibility index (Phi) is 2.37. The van der Waals surface area contributed by atoms with Crippen molar-refractivity contribution in [2.75, 3.05) is 0 Å². The second-order valence-corrected chi connectivity index (χ2v) is 4.08. The molecular formula is C10H9BrN2O. The standard InChI is InChI=1S/C10H9BrN2O/c1-6(14)4-7-5-8-9(11)2-3-12-10(8)13-7/h2-3,5H,4H2,1H3,(H,12,13). The lowest BCUT2D eigenvalue weighted by Gasteiger charge is -1.89. The van der Waals surface area contributed by atoms with Crippen LogP contribution in [0.1, 0.15) is 12.6 Å². The van der Waals surface area contributed by atoms with Gasteiger partial charge in [0.05, 0.1) is 0 Å². The Morgan fingerprint density at radius 1 is 1.64 bits per heavy atom. The lowest BCUT2D eigenvalue weighted by atomic mass is 10.2. The summed E-state index contributed by atoms with van der Waals surface area (Å²) >= 11 is 3.43. The molecule has 3 nitrogen and oxygen atoms in total. The number of aromatic nitrogens is 2. The van der Waals surface area contributed by atoms with Gasteiger partial charge in [-0.15, -0.1) is 0 Å². The fraction of sp³-hybridized carbons (Fsp3) is 0.200. The summed E-state index contributed by atoms with van der Waals surface area (Å²) < 4.78 is 0.994. The van der Waals surface area contributed by atoms with Gasteiger partial charge in [-0.1, -0.05) is 0 Å². The minimum atomic E-state index is 0.146. The largest absolute Gasteiger partial charge is 0.343 e. The molecule has 0 amide bonds. The zero-order chi connectivity index (χ0) is 10.1. The second-order valence-electron chi connectivity index (χ2n) is 3.23. The summed E-state index contributed by atoms with van der Waals surface area (Å²) in [5, 5.41) is 1.02. The van der Waals surface area contributed by atoms with Crippen LogP contribution >= 0.6 is 15.9 Å². The molecule has 0 fully saturated rings. The smallest absolute Gasteiger partial charge is 0.138 e. The molecule has 0 radical (unpaired) electrons. The third kappa shape index (κ3) is 1.70. The van der Waals surface area contributed by atoms with Gasteiger partial charge in [0.2, 0.25) is 0 Å². The summed E-state index contributed by atoms with van der Waals surface area (Å²) in [6.07, 6.45) is 2.16. The Labute approximate surface area is 89.7 Å². The topological polar surface area (TPSA) is 45.8 Å². The van der Waals surface area contributed by atoms with Gasteiger partial charge in [-0.3, -0.25) is 4.79 Å². The zero-order valence-electron chi connectivity index (χ0n) is 7.67. The van der Waals surface area contributed by atoms with Crippen molar-refractivity contribution >= 4 is 32.7 Å². The first-order chi connectivity index (χ1) is 6.66. The molecule has 2 heterocycles. The van der Waals surface area contributed by atoms with Gasteiger partial charge in [0.1, 0.15) is 11.4 Å². The van der Waals surface area contributed by atoms with E-state index in [1.807, 2.05) is 12.1 Å². The molecule has 0 unspecified atom stereocenters. The van der Waals surface area contributed by atoms with E-state index < -0.39 is 0 Å². The molecule has 1 N–H and O–H groups in total. The summed E-state index contributed by atoms with van der Waals surface area (Å²) in [5.74, 6) is 0.146. The molecule has 4 heteroatoms. The predicted octanol–water partition coefficient (Wildman–Crippen LogP) is 2.46. The van der Waals surface area contributed by atoms with E-state index in [-0.39, 0.29) is 5.78 Å². The van der Waals surface area contributed by atoms with Crippen molar-refractivity contribution in [3.05, 3.63) is 28.5 Å². The highest BCUT2D eigenvalue weighted by Gasteiger charge is 2.05. The van der Waals surface area contributed by atoms with Crippen molar-refractivity contribution in [1.82, 2.24) is 9.97 Å². The summed E-state index contributed by atoms with van der Waals surface area (Å²) in [6.45, 7) is 1.58. The van der Waals surface area contributed by atoms with Gasteiger partial charge < -0.3 is 4.98 Å². The van der Waals surface area contributed by atoms with Crippen molar-refractivity contribution in [3.8, 4) is 0 Å². The van der Waals surface area contributed by atoms with Gasteiger partial charge >= 0.3 is 0 Å². The second kappa shape index (κ2) is 3.53. The first-order valence-corrected chi connectivity index (χ1v) is 5.07. The SMILES string of the molecule is CC(=O)Cc1cc2c(Br)ccnc2[nH]1. The van der Waals surface area contributed by atoms with Gasteiger partial charge in [-0.25, -0.2) is 4.98 Å². The molecule has 0 aliphatic rings. The molecule has 0 aliphatic carbocycles. The van der Waals surface area contributed by atoms with Gasteiger partial charge in [-0.2, -0.15) is 0 Å². The predicted molar refractivity (Wildman–Crippen MR) is 58.2 cm³/mol. The monoisotopic (exact) mass is 252 g/mol. The minimum Gasteiger partial charge on any atom is -0.343 e. The van der Waals surface area contributed by atoms with Gasteiger partial charge in [0.15, 0.2) is 0 Å². The van der Waals surface area contributed by atoms with Gasteiger partial charge in [0.25, 0.3) is 0 Å². The Bertz CT molecular complexity index is 490. The molecule has 0 bridgehead atoms. The lowest BCUT2D eigenvalue weighted by molar-refractivity contribution is -0.116. The minimum absolute atomic E-state index is 0.146. The molecule has 2 aromatic heterocycles. The number of hydrogen-bond acceptors (Lipinski definition) is 2. The molecule has 0 aliphatic heterocycles. The van der Waals surface area contributed by atoms with E-state index in [0.29, 0.717) is 6.42 Å². The number of hydrogen-bond donors (Lipinski definition) is 1. The number of Topliss-reactive ketones (excluding diaryl/α,β-unsaturated/α-hetero) is 1. The van der Waals surface area contributed by atoms with E-state index in [4.69, 9.17) is 0 Å². The molecule has 72 valence electrons. The fourth-order valence-electron chi connectivity index (χ4n) is 1.41. The molecule has 0 atom stereocenters. The van der Waals surface area contributed by atoms with Crippen LogP contribution in [-0.4, -0.2) is 15.8 Å². The summed E-state index contributed by atoms with van der Waals surface area (Å²) in [5.41, 5.74) is 1.72. The number of rotatable bonds is 2. The Hall–Kier alpha value is -1.16. The number of nitrogens with one attached hydrogen (secondary N) is 1. The van der Waals surface area contributed by atoms with Crippen LogP contribution in [0, 0.1) is 0 Å². The number of aromatic amines is 1. The lowest BCUT2D eigenvalue weighted by Crippen LogP contribution is -1.95. The molecule has 2 aromatic rings. The average Bonchev–Trinajstić information content (AvgIpc) is 2.47. The van der Waals surface area contributed by atoms with Crippen molar-refractivity contribution in [2.24, 2.45) is 0 Å². The molecule has 0 saturated heterocycles. The molecule has 14 heavy (non-hydrogen) atoms. The first kappa shape index (κ1) is 9.40. The van der Waals surface area contributed by atoms with Crippen LogP contribution < -0.4 is 0 Å². The number of halogens is 1. The molecule has 0 saturated carbocycles. The first-order valence-electron chi connectivity index (χ1n) is 4.28. The summed E-state index contributed by atoms with van der Waals surface area (Å²) in [4.78, 5) is 18.2. The van der Waals surface area contributed by atoms with E-state index in [2.05, 4.69) is 25.9 Å². The van der Waals surface area contributed by atoms with Crippen molar-refractivity contribution in [1.29, 1.82) is 0 Å². The van der Waals surface area contributed by atoms with E-state index in [1.165, 1.54) is 0 Å². The van der Waals surface area contributed by atoms with Crippen molar-refractivity contribution in [2.45, 2.75) is 13.3 Å². The number of carbonyl (C=O) groups is 1. The van der Waals surface area contributed by atoms with E-state index >= 15 is 0 Å². The van der Waals surface area contributed by atoms with Crippen LogP contribution in [0.3, 0.4) is 0 Å². The highest BCUT2D eigenvalue weighted by atomic mass is 79.9. The summed E-state index contributed by atoms with van der Waals surface area (Å²) in [7, 11) is 0. The highest BCUT2D eigenvalue weighted by Crippen LogP contribution is 2.22. The van der Waals surface area contributed by atoms with Crippen molar-refractivity contribution in [3.63, 3.8) is 0 Å². The Morgan fingerprint density at radius 3 is 3.07 bits per heavy atom. The summed E-state index contributed by atoms with van der Waals surface area (Å²) in [6, 6.07) is 3.83. The third-order valence-corrected chi connectivity index (χ3v) is 2.67. The maximum absolute atomic E-state index is 10.9. The van der Waals surface area contributed by atoms with Crippen LogP contribution in [0.5, 0.6) is 0 Å². The molecular weight excluding hydrogens is 244 g/mol. The normalized spacial score (nSPS) is 10.7. The third-order valence-electron chi connectivity index (χ3n) is 1.97. The molecule has 2 rings (SSSR count). The van der Waals surface area contributed by atoms with Crippen LogP contribution in [-0.2, 0) is 11.2 Å². The van der Waals surface area contributed by atoms with Crippen LogP contribution in [0.4, 0.5) is 0 Å². The number of fused-ring (bicyclic) bond motifs is 1. The number of pyridine rings is 1. The maximum atomic E-state index is 10.9. The van der Waals surface area contributed by atoms with E-state index in [9.17, 15) is 4.79 Å². The number of nitrogens with zero attached hydrogens (tertiary/aromatic N) is 1. The number of carbonyl (C=O) groups excluding carboxylic acids is 1. The molecule has 0 spiro atoms. The van der Waals surface area contributed by atoms with Crippen LogP contribution in [0.25, 0.3) is 11.0 Å². The van der Waals surface area contributed by atoms with Gasteiger partial charge in [0, 0.05) is 28.2 Å². The quantitative estimate of drug-likeness (QED) is 0.893. The molecule has 0 aromatic carbocycles. The van der Waals surface area contributed by atoms with Crippen LogP contribution in [0.2, 0.25) is 0 Å². The number of ketones is 1. The average molecular weight is 253 g/mol. The highest BCUT2D eigenvalue weighted by molar-refractivity contribution is 9.10. The Morgan fingerprint density at radius 2 is 2.43 bits per heavy atom. The van der Waals surface area contributed by atoms with Crippen LogP contribution in [0.15, 0.2) is 22.8 Å². The Balaban J connectivity index is 2.51. The number of H-pyrrole nitrogens is 1. The van der Waals surface area contributed by atoms with Crippen molar-refractivity contribution < 1.29 is 4.79 Å². The van der Waals surface area contributed by atoms with E-state index in [1.54, 1.807) is 13.1 Å².